The molecule has 1 aliphatic heterocycles. The van der Waals surface area contributed by atoms with Crippen LogP contribution in [0.25, 0.3) is 11.3 Å². The number of aliphatic hydroxyl groups is 1. The Labute approximate surface area is 121 Å². The second-order valence-corrected chi connectivity index (χ2v) is 6.05. The molecule has 1 fully saturated rings. The molecule has 0 saturated heterocycles. The molecule has 0 amide bonds. The molecule has 2 unspecified atom stereocenters. The lowest BCUT2D eigenvalue weighted by atomic mass is 9.77. The minimum atomic E-state index is -2.69. The molecule has 0 spiro atoms. The molecule has 21 heavy (non-hydrogen) atoms. The maximum absolute atomic E-state index is 13.8. The second-order valence-electron chi connectivity index (χ2n) is 6.05. The lowest BCUT2D eigenvalue weighted by Gasteiger charge is -2.37. The number of alkyl halides is 2. The van der Waals surface area contributed by atoms with Crippen molar-refractivity contribution in [3.63, 3.8) is 0 Å². The van der Waals surface area contributed by atoms with Crippen LogP contribution in [-0.4, -0.2) is 26.7 Å². The van der Waals surface area contributed by atoms with E-state index in [2.05, 4.69) is 4.98 Å². The summed E-state index contributed by atoms with van der Waals surface area (Å²) in [4.78, 5) is 4.14. The molecule has 4 rings (SSSR count). The van der Waals surface area contributed by atoms with Crippen molar-refractivity contribution < 1.29 is 13.9 Å². The minimum Gasteiger partial charge on any atom is -0.393 e. The Morgan fingerprint density at radius 1 is 1.29 bits per heavy atom. The maximum atomic E-state index is 13.8. The van der Waals surface area contributed by atoms with Crippen LogP contribution in [0.2, 0.25) is 0 Å². The van der Waals surface area contributed by atoms with Crippen molar-refractivity contribution in [3.8, 4) is 11.3 Å². The van der Waals surface area contributed by atoms with Gasteiger partial charge in [-0.3, -0.25) is 0 Å². The highest BCUT2D eigenvalue weighted by molar-refractivity contribution is 5.69. The molecule has 3 atom stereocenters. The molecule has 3 nitrogen and oxygen atoms in total. The van der Waals surface area contributed by atoms with Crippen molar-refractivity contribution in [3.05, 3.63) is 42.4 Å². The first kappa shape index (κ1) is 13.0. The van der Waals surface area contributed by atoms with E-state index < -0.39 is 17.9 Å². The van der Waals surface area contributed by atoms with Gasteiger partial charge in [0.25, 0.3) is 0 Å². The van der Waals surface area contributed by atoms with Gasteiger partial charge in [-0.2, -0.15) is 0 Å². The summed E-state index contributed by atoms with van der Waals surface area (Å²) in [6, 6.07) is 7.55. The highest BCUT2D eigenvalue weighted by Crippen LogP contribution is 2.49. The molecule has 1 aromatic heterocycles. The van der Waals surface area contributed by atoms with Gasteiger partial charge in [0.1, 0.15) is 0 Å². The zero-order valence-electron chi connectivity index (χ0n) is 11.4. The number of aliphatic hydroxyl groups excluding tert-OH is 1. The van der Waals surface area contributed by atoms with Gasteiger partial charge in [0, 0.05) is 24.3 Å². The number of nitrogens with zero attached hydrogens (tertiary/aromatic N) is 2. The first-order valence-corrected chi connectivity index (χ1v) is 7.24. The van der Waals surface area contributed by atoms with Gasteiger partial charge in [-0.25, -0.2) is 13.8 Å². The van der Waals surface area contributed by atoms with Crippen LogP contribution in [0.3, 0.4) is 0 Å². The average Bonchev–Trinajstić information content (AvgIpc) is 3.02. The fourth-order valence-corrected chi connectivity index (χ4v) is 3.79. The SMILES string of the molecule is OC1CCC(F)(F)C[C@@H]1C1c2ccccc2-c2cncn21. The van der Waals surface area contributed by atoms with E-state index in [1.165, 1.54) is 0 Å². The van der Waals surface area contributed by atoms with E-state index in [0.717, 1.165) is 16.8 Å². The molecular formula is C16H16F2N2O. The number of hydrogen-bond donors (Lipinski definition) is 1. The fourth-order valence-electron chi connectivity index (χ4n) is 3.79. The van der Waals surface area contributed by atoms with Crippen molar-refractivity contribution in [1.29, 1.82) is 0 Å². The van der Waals surface area contributed by atoms with Crippen LogP contribution in [0.1, 0.15) is 30.9 Å². The van der Waals surface area contributed by atoms with Gasteiger partial charge in [0.2, 0.25) is 5.92 Å². The summed E-state index contributed by atoms with van der Waals surface area (Å²) in [5.74, 6) is -3.17. The van der Waals surface area contributed by atoms with Crippen molar-refractivity contribution in [2.45, 2.75) is 37.3 Å². The van der Waals surface area contributed by atoms with Crippen LogP contribution in [0.5, 0.6) is 0 Å². The number of aromatic nitrogens is 2. The summed E-state index contributed by atoms with van der Waals surface area (Å²) in [6.45, 7) is 0. The predicted octanol–water partition coefficient (Wildman–Crippen LogP) is 3.25. The van der Waals surface area contributed by atoms with Gasteiger partial charge >= 0.3 is 0 Å². The number of imidazole rings is 1. The van der Waals surface area contributed by atoms with Gasteiger partial charge in [-0.15, -0.1) is 0 Å². The van der Waals surface area contributed by atoms with E-state index >= 15 is 0 Å². The monoisotopic (exact) mass is 290 g/mol. The van der Waals surface area contributed by atoms with E-state index in [0.29, 0.717) is 0 Å². The van der Waals surface area contributed by atoms with Crippen molar-refractivity contribution in [1.82, 2.24) is 9.55 Å². The molecular weight excluding hydrogens is 274 g/mol. The Morgan fingerprint density at radius 3 is 2.95 bits per heavy atom. The van der Waals surface area contributed by atoms with Crippen LogP contribution >= 0.6 is 0 Å². The quantitative estimate of drug-likeness (QED) is 0.875. The molecule has 2 heterocycles. The predicted molar refractivity (Wildman–Crippen MR) is 74.1 cm³/mol. The first-order valence-electron chi connectivity index (χ1n) is 7.24. The molecule has 5 heteroatoms. The van der Waals surface area contributed by atoms with Gasteiger partial charge < -0.3 is 9.67 Å². The summed E-state index contributed by atoms with van der Waals surface area (Å²) < 4.78 is 29.6. The highest BCUT2D eigenvalue weighted by atomic mass is 19.3. The maximum Gasteiger partial charge on any atom is 0.248 e. The van der Waals surface area contributed by atoms with Crippen LogP contribution in [0.15, 0.2) is 36.8 Å². The van der Waals surface area contributed by atoms with Gasteiger partial charge in [0.15, 0.2) is 0 Å². The Balaban J connectivity index is 1.82. The molecule has 0 radical (unpaired) electrons. The summed E-state index contributed by atoms with van der Waals surface area (Å²) in [5, 5.41) is 10.3. The standard InChI is InChI=1S/C16H16F2N2O/c17-16(18)6-5-14(21)12(7-16)15-11-4-2-1-3-10(11)13-8-19-9-20(13)15/h1-4,8-9,12,14-15,21H,5-7H2/t12-,14?,15?/m0/s1. The molecule has 1 aromatic carbocycles. The third kappa shape index (κ3) is 1.91. The highest BCUT2D eigenvalue weighted by Gasteiger charge is 2.47. The lowest BCUT2D eigenvalue weighted by Crippen LogP contribution is -2.40. The number of benzene rings is 1. The Morgan fingerprint density at radius 2 is 2.10 bits per heavy atom. The number of fused-ring (bicyclic) bond motifs is 3. The molecule has 2 aromatic rings. The smallest absolute Gasteiger partial charge is 0.248 e. The fraction of sp³-hybridized carbons (Fsp3) is 0.438. The normalized spacial score (nSPS) is 30.0. The third-order valence-corrected chi connectivity index (χ3v) is 4.76. The van der Waals surface area contributed by atoms with Crippen molar-refractivity contribution in [2.24, 2.45) is 5.92 Å². The van der Waals surface area contributed by atoms with Crippen LogP contribution < -0.4 is 0 Å². The molecule has 2 aliphatic rings. The summed E-state index contributed by atoms with van der Waals surface area (Å²) in [5.41, 5.74) is 2.98. The van der Waals surface area contributed by atoms with Crippen LogP contribution in [0, 0.1) is 5.92 Å². The lowest BCUT2D eigenvalue weighted by molar-refractivity contribution is -0.0990. The Kier molecular flexibility index (Phi) is 2.70. The average molecular weight is 290 g/mol. The number of rotatable bonds is 1. The Hall–Kier alpha value is -1.75. The number of hydrogen-bond acceptors (Lipinski definition) is 2. The molecule has 1 N–H and O–H groups in total. The van der Waals surface area contributed by atoms with Crippen molar-refractivity contribution in [2.75, 3.05) is 0 Å². The Bertz CT molecular complexity index is 682. The molecule has 0 bridgehead atoms. The second kappa shape index (κ2) is 4.37. The molecule has 1 aliphatic carbocycles. The summed E-state index contributed by atoms with van der Waals surface area (Å²) in [6.07, 6.45) is 2.39. The van der Waals surface area contributed by atoms with E-state index in [-0.39, 0.29) is 25.3 Å². The zero-order valence-corrected chi connectivity index (χ0v) is 11.4. The van der Waals surface area contributed by atoms with E-state index in [4.69, 9.17) is 0 Å². The van der Waals surface area contributed by atoms with Crippen LogP contribution in [-0.2, 0) is 0 Å². The van der Waals surface area contributed by atoms with E-state index in [9.17, 15) is 13.9 Å². The van der Waals surface area contributed by atoms with Crippen LogP contribution in [0.4, 0.5) is 8.78 Å². The van der Waals surface area contributed by atoms with Crippen molar-refractivity contribution >= 4 is 0 Å². The zero-order chi connectivity index (χ0) is 14.6. The van der Waals surface area contributed by atoms with Gasteiger partial charge in [-0.1, -0.05) is 24.3 Å². The largest absolute Gasteiger partial charge is 0.393 e. The van der Waals surface area contributed by atoms with E-state index in [1.54, 1.807) is 12.5 Å². The van der Waals surface area contributed by atoms with E-state index in [1.807, 2.05) is 28.8 Å². The summed E-state index contributed by atoms with van der Waals surface area (Å²) in [7, 11) is 0. The minimum absolute atomic E-state index is 0.153. The summed E-state index contributed by atoms with van der Waals surface area (Å²) >= 11 is 0. The molecule has 110 valence electrons. The topological polar surface area (TPSA) is 38.1 Å². The van der Waals surface area contributed by atoms with Gasteiger partial charge in [-0.05, 0) is 12.0 Å². The van der Waals surface area contributed by atoms with Gasteiger partial charge in [0.05, 0.1) is 30.4 Å². The third-order valence-electron chi connectivity index (χ3n) is 4.76. The first-order chi connectivity index (χ1) is 10.1. The molecule has 1 saturated carbocycles. The number of halogens is 2.